The molecule has 0 aliphatic rings. The van der Waals surface area contributed by atoms with Gasteiger partial charge >= 0.3 is 5.97 Å². The summed E-state index contributed by atoms with van der Waals surface area (Å²) in [5, 5.41) is 3.43. The van der Waals surface area contributed by atoms with Crippen LogP contribution < -0.4 is 10.1 Å². The number of ether oxygens (including phenoxy) is 1. The van der Waals surface area contributed by atoms with Crippen LogP contribution in [-0.2, 0) is 21.2 Å². The number of methoxy groups -OCH3 is 1. The van der Waals surface area contributed by atoms with Gasteiger partial charge in [0.1, 0.15) is 18.4 Å². The maximum atomic E-state index is 12.6. The summed E-state index contributed by atoms with van der Waals surface area (Å²) in [5.41, 5.74) is 0.873. The van der Waals surface area contributed by atoms with Crippen LogP contribution in [0.2, 0.25) is 0 Å². The standard InChI is InChI=1S/C22H35NO4/c1-8-9-19(16(2)3)23-20(14-22(4,5)6)21(24)27-26-15-17-10-12-18(25-7)13-11-17/h8,10-13,16,19-20,23H,1,9,14-15H2,2-7H3/t19?,20-/m1/s1. The fourth-order valence-electron chi connectivity index (χ4n) is 2.73. The molecule has 1 rings (SSSR count). The lowest BCUT2D eigenvalue weighted by atomic mass is 9.87. The number of nitrogens with one attached hydrogen (secondary N) is 1. The first-order valence-electron chi connectivity index (χ1n) is 9.49. The molecule has 0 heterocycles. The molecule has 2 atom stereocenters. The Morgan fingerprint density at radius 3 is 2.33 bits per heavy atom. The van der Waals surface area contributed by atoms with Gasteiger partial charge in [0.2, 0.25) is 0 Å². The third-order valence-electron chi connectivity index (χ3n) is 4.27. The van der Waals surface area contributed by atoms with E-state index >= 15 is 0 Å². The number of hydrogen-bond acceptors (Lipinski definition) is 5. The molecule has 0 amide bonds. The van der Waals surface area contributed by atoms with E-state index in [0.29, 0.717) is 12.3 Å². The van der Waals surface area contributed by atoms with Crippen LogP contribution in [0.3, 0.4) is 0 Å². The Hall–Kier alpha value is -1.85. The monoisotopic (exact) mass is 377 g/mol. The molecule has 0 saturated carbocycles. The summed E-state index contributed by atoms with van der Waals surface area (Å²) < 4.78 is 5.12. The van der Waals surface area contributed by atoms with E-state index in [-0.39, 0.29) is 18.1 Å². The molecular formula is C22H35NO4. The zero-order valence-corrected chi connectivity index (χ0v) is 17.6. The zero-order valence-electron chi connectivity index (χ0n) is 17.6. The van der Waals surface area contributed by atoms with Crippen molar-refractivity contribution in [1.29, 1.82) is 0 Å². The minimum atomic E-state index is -0.437. The highest BCUT2D eigenvalue weighted by molar-refractivity contribution is 5.75. The van der Waals surface area contributed by atoms with Crippen molar-refractivity contribution in [2.75, 3.05) is 7.11 Å². The van der Waals surface area contributed by atoms with E-state index in [1.54, 1.807) is 7.11 Å². The van der Waals surface area contributed by atoms with Gasteiger partial charge in [-0.25, -0.2) is 4.79 Å². The molecule has 0 saturated heterocycles. The van der Waals surface area contributed by atoms with Crippen LogP contribution in [0, 0.1) is 11.3 Å². The molecule has 0 spiro atoms. The van der Waals surface area contributed by atoms with Crippen molar-refractivity contribution in [3.05, 3.63) is 42.5 Å². The lowest BCUT2D eigenvalue weighted by Crippen LogP contribution is -2.47. The number of benzene rings is 1. The molecule has 5 nitrogen and oxygen atoms in total. The van der Waals surface area contributed by atoms with E-state index in [1.165, 1.54) is 0 Å². The van der Waals surface area contributed by atoms with Gasteiger partial charge in [-0.1, -0.05) is 52.8 Å². The maximum absolute atomic E-state index is 12.6. The van der Waals surface area contributed by atoms with Crippen LogP contribution in [0.5, 0.6) is 5.75 Å². The Balaban J connectivity index is 2.67. The second-order valence-electron chi connectivity index (χ2n) is 8.37. The lowest BCUT2D eigenvalue weighted by Gasteiger charge is -2.30. The van der Waals surface area contributed by atoms with Crippen LogP contribution in [0.15, 0.2) is 36.9 Å². The highest BCUT2D eigenvalue weighted by Gasteiger charge is 2.29. The first-order valence-corrected chi connectivity index (χ1v) is 9.49. The minimum Gasteiger partial charge on any atom is -0.497 e. The molecule has 5 heteroatoms. The highest BCUT2D eigenvalue weighted by Crippen LogP contribution is 2.23. The summed E-state index contributed by atoms with van der Waals surface area (Å²) in [6.07, 6.45) is 3.31. The van der Waals surface area contributed by atoms with E-state index in [1.807, 2.05) is 30.3 Å². The summed E-state index contributed by atoms with van der Waals surface area (Å²) in [5.74, 6) is 0.749. The molecule has 0 aliphatic heterocycles. The molecule has 0 aromatic heterocycles. The number of hydrogen-bond donors (Lipinski definition) is 1. The van der Waals surface area contributed by atoms with Crippen LogP contribution in [0.25, 0.3) is 0 Å². The first-order chi connectivity index (χ1) is 12.7. The maximum Gasteiger partial charge on any atom is 0.359 e. The van der Waals surface area contributed by atoms with Gasteiger partial charge in [0, 0.05) is 6.04 Å². The fourth-order valence-corrected chi connectivity index (χ4v) is 2.73. The van der Waals surface area contributed by atoms with E-state index in [9.17, 15) is 4.79 Å². The predicted molar refractivity (Wildman–Crippen MR) is 108 cm³/mol. The normalized spacial score (nSPS) is 13.9. The van der Waals surface area contributed by atoms with Crippen LogP contribution >= 0.6 is 0 Å². The Labute approximate surface area is 164 Å². The van der Waals surface area contributed by atoms with Crippen LogP contribution in [0.4, 0.5) is 0 Å². The quantitative estimate of drug-likeness (QED) is 0.345. The Kier molecular flexibility index (Phi) is 9.53. The van der Waals surface area contributed by atoms with E-state index in [4.69, 9.17) is 14.5 Å². The van der Waals surface area contributed by atoms with Gasteiger partial charge in [-0.05, 0) is 41.9 Å². The average molecular weight is 378 g/mol. The van der Waals surface area contributed by atoms with E-state index in [2.05, 4.69) is 46.5 Å². The Morgan fingerprint density at radius 1 is 1.22 bits per heavy atom. The first kappa shape index (κ1) is 23.2. The molecule has 1 aromatic rings. The molecule has 0 aliphatic carbocycles. The van der Waals surface area contributed by atoms with E-state index in [0.717, 1.165) is 17.7 Å². The largest absolute Gasteiger partial charge is 0.497 e. The molecule has 0 radical (unpaired) electrons. The van der Waals surface area contributed by atoms with Crippen molar-refractivity contribution in [2.24, 2.45) is 11.3 Å². The molecule has 1 aromatic carbocycles. The second kappa shape index (κ2) is 11.1. The van der Waals surface area contributed by atoms with Gasteiger partial charge in [-0.3, -0.25) is 4.89 Å². The van der Waals surface area contributed by atoms with Crippen molar-refractivity contribution in [3.63, 3.8) is 0 Å². The van der Waals surface area contributed by atoms with Gasteiger partial charge in [-0.2, -0.15) is 4.89 Å². The van der Waals surface area contributed by atoms with Gasteiger partial charge in [-0.15, -0.1) is 6.58 Å². The minimum absolute atomic E-state index is 0.0254. The second-order valence-corrected chi connectivity index (χ2v) is 8.37. The number of carbonyl (C=O) groups excluding carboxylic acids is 1. The molecule has 1 N–H and O–H groups in total. The van der Waals surface area contributed by atoms with Crippen molar-refractivity contribution in [2.45, 2.75) is 66.2 Å². The molecule has 0 bridgehead atoms. The lowest BCUT2D eigenvalue weighted by molar-refractivity contribution is -0.282. The summed E-state index contributed by atoms with van der Waals surface area (Å²) in [6.45, 7) is 14.6. The summed E-state index contributed by atoms with van der Waals surface area (Å²) >= 11 is 0. The van der Waals surface area contributed by atoms with Gasteiger partial charge in [0.15, 0.2) is 0 Å². The SMILES string of the molecule is C=CCC(N[C@H](CC(C)(C)C)C(=O)OOCc1ccc(OC)cc1)C(C)C. The van der Waals surface area contributed by atoms with Crippen molar-refractivity contribution >= 4 is 5.97 Å². The zero-order chi connectivity index (χ0) is 20.4. The summed E-state index contributed by atoms with van der Waals surface area (Å²) in [6, 6.07) is 7.14. The Morgan fingerprint density at radius 2 is 1.85 bits per heavy atom. The number of rotatable bonds is 11. The van der Waals surface area contributed by atoms with Crippen molar-refractivity contribution in [3.8, 4) is 5.75 Å². The predicted octanol–water partition coefficient (Wildman–Crippen LogP) is 4.67. The van der Waals surface area contributed by atoms with Gasteiger partial charge in [0.05, 0.1) is 7.11 Å². The summed E-state index contributed by atoms with van der Waals surface area (Å²) in [7, 11) is 1.62. The topological polar surface area (TPSA) is 56.8 Å². The summed E-state index contributed by atoms with van der Waals surface area (Å²) in [4.78, 5) is 22.9. The van der Waals surface area contributed by atoms with E-state index < -0.39 is 12.0 Å². The Bertz CT molecular complexity index is 575. The fraction of sp³-hybridized carbons (Fsp3) is 0.591. The highest BCUT2D eigenvalue weighted by atomic mass is 17.2. The van der Waals surface area contributed by atoms with Crippen molar-refractivity contribution < 1.29 is 19.3 Å². The van der Waals surface area contributed by atoms with Crippen LogP contribution in [0.1, 0.15) is 53.0 Å². The van der Waals surface area contributed by atoms with Crippen molar-refractivity contribution in [1.82, 2.24) is 5.32 Å². The molecule has 0 fully saturated rings. The molecule has 1 unspecified atom stereocenters. The number of carbonyl (C=O) groups is 1. The van der Waals surface area contributed by atoms with Crippen LogP contribution in [-0.4, -0.2) is 25.2 Å². The third kappa shape index (κ3) is 9.07. The molecular weight excluding hydrogens is 342 g/mol. The third-order valence-corrected chi connectivity index (χ3v) is 4.27. The average Bonchev–Trinajstić information content (AvgIpc) is 2.59. The molecule has 27 heavy (non-hydrogen) atoms. The van der Waals surface area contributed by atoms with Gasteiger partial charge in [0.25, 0.3) is 0 Å². The van der Waals surface area contributed by atoms with Gasteiger partial charge < -0.3 is 10.1 Å². The smallest absolute Gasteiger partial charge is 0.359 e. The molecule has 152 valence electrons.